The van der Waals surface area contributed by atoms with Gasteiger partial charge in [-0.3, -0.25) is 0 Å². The molecule has 0 saturated heterocycles. The van der Waals surface area contributed by atoms with Crippen LogP contribution in [-0.4, -0.2) is 13.8 Å². The molecule has 2 fully saturated rings. The predicted molar refractivity (Wildman–Crippen MR) is 103 cm³/mol. The molecule has 0 spiro atoms. The zero-order chi connectivity index (χ0) is 13.4. The van der Waals surface area contributed by atoms with E-state index in [0.29, 0.717) is 0 Å². The van der Waals surface area contributed by atoms with Gasteiger partial charge in [-0.05, 0) is 11.8 Å². The summed E-state index contributed by atoms with van der Waals surface area (Å²) in [5.41, 5.74) is 1.16. The Kier molecular flexibility index (Phi) is 13.5. The first kappa shape index (κ1) is 27.7. The zero-order valence-electron chi connectivity index (χ0n) is 16.6. The predicted octanol–water partition coefficient (Wildman–Crippen LogP) is 7.07. The van der Waals surface area contributed by atoms with Crippen LogP contribution in [0.25, 0.3) is 4.98 Å². The van der Waals surface area contributed by atoms with Crippen LogP contribution >= 0.6 is 0 Å². The average Bonchev–Trinajstić information content (AvgIpc) is 2.71. The fourth-order valence-corrected chi connectivity index (χ4v) is 9.23. The second-order valence-electron chi connectivity index (χ2n) is 7.89. The van der Waals surface area contributed by atoms with Crippen molar-refractivity contribution in [2.75, 3.05) is 0 Å². The molecule has 0 aromatic heterocycles. The molecule has 0 aliphatic heterocycles. The molecule has 22 heavy (non-hydrogen) atoms. The molecule has 0 aromatic rings. The molecule has 1 nitrogen and oxygen atoms in total. The van der Waals surface area contributed by atoms with Gasteiger partial charge in [-0.1, -0.05) is 92.6 Å². The second kappa shape index (κ2) is 10.7. The summed E-state index contributed by atoms with van der Waals surface area (Å²) in [5.74, 6) is 2.11. The Balaban J connectivity index is -0.000000902. The van der Waals surface area contributed by atoms with Crippen LogP contribution in [0.4, 0.5) is 0 Å². The van der Waals surface area contributed by atoms with Crippen molar-refractivity contribution in [2.45, 2.75) is 89.9 Å². The van der Waals surface area contributed by atoms with E-state index in [1.165, 1.54) is 44.6 Å². The van der Waals surface area contributed by atoms with Gasteiger partial charge in [-0.25, -0.2) is 0 Å². The van der Waals surface area contributed by atoms with Crippen molar-refractivity contribution < 1.29 is 21.7 Å². The maximum absolute atomic E-state index is 5.37. The quantitative estimate of drug-likeness (QED) is 0.378. The fourth-order valence-electron chi connectivity index (χ4n) is 4.69. The molecule has 0 bridgehead atoms. The van der Waals surface area contributed by atoms with E-state index in [1.54, 1.807) is 0 Å². The minimum absolute atomic E-state index is 0. The Morgan fingerprint density at radius 1 is 0.955 bits per heavy atom. The third-order valence-corrected chi connectivity index (χ3v) is 10.4. The summed E-state index contributed by atoms with van der Waals surface area (Å²) in [6, 6.07) is 1.35. The van der Waals surface area contributed by atoms with Gasteiger partial charge in [0.1, 0.15) is 0 Å². The third kappa shape index (κ3) is 6.42. The Morgan fingerprint density at radius 2 is 1.50 bits per heavy atom. The maximum Gasteiger partial charge on any atom is 4.00 e. The Hall–Kier alpha value is 0.891. The van der Waals surface area contributed by atoms with Crippen LogP contribution in [-0.2, 0) is 21.7 Å². The topological polar surface area (TPSA) is 14.1 Å². The SMILES string of the molecule is CC[Si](C)([N-]C(C)(C)C)C1CCC2CCCCC21.[CH3-].[CH3-].[CH3-].[Ti+4]. The summed E-state index contributed by atoms with van der Waals surface area (Å²) in [7, 11) is -1.41. The first-order valence-electron chi connectivity index (χ1n) is 8.10. The second-order valence-corrected chi connectivity index (χ2v) is 12.3. The number of nitrogens with zero attached hydrogens (tertiary/aromatic N) is 1. The Morgan fingerprint density at radius 3 is 2.00 bits per heavy atom. The van der Waals surface area contributed by atoms with E-state index in [9.17, 15) is 0 Å². The largest absolute Gasteiger partial charge is 4.00 e. The van der Waals surface area contributed by atoms with Gasteiger partial charge in [-0.15, -0.1) is 5.54 Å². The molecule has 2 aliphatic carbocycles. The number of rotatable bonds is 3. The molecule has 2 aliphatic rings. The molecule has 0 radical (unpaired) electrons. The van der Waals surface area contributed by atoms with Crippen molar-refractivity contribution >= 4 is 8.24 Å². The van der Waals surface area contributed by atoms with E-state index in [-0.39, 0.29) is 49.5 Å². The Labute approximate surface area is 158 Å². The van der Waals surface area contributed by atoms with Gasteiger partial charge < -0.3 is 27.3 Å². The standard InChI is InChI=1S/C16H32NSi.3CH3.Ti/c1-6-18(5,17-16(2,3)4)15-12-11-13-9-7-8-10-14(13)15;;;;/h13-15H,6-12H2,1-5H3;3*1H3;/q4*-1;+4. The summed E-state index contributed by atoms with van der Waals surface area (Å²) in [6.07, 6.45) is 9.02. The molecule has 130 valence electrons. The summed E-state index contributed by atoms with van der Waals surface area (Å²) in [5, 5.41) is 0. The molecule has 0 amide bonds. The van der Waals surface area contributed by atoms with Crippen LogP contribution in [0.3, 0.4) is 0 Å². The summed E-state index contributed by atoms with van der Waals surface area (Å²) >= 11 is 0. The number of hydrogen-bond donors (Lipinski definition) is 0. The Bertz CT molecular complexity index is 290. The van der Waals surface area contributed by atoms with Crippen molar-refractivity contribution in [3.63, 3.8) is 0 Å². The fraction of sp³-hybridized carbons (Fsp3) is 0.842. The van der Waals surface area contributed by atoms with Crippen LogP contribution in [0.5, 0.6) is 0 Å². The van der Waals surface area contributed by atoms with E-state index >= 15 is 0 Å². The van der Waals surface area contributed by atoms with Gasteiger partial charge in [-0.2, -0.15) is 0 Å². The minimum atomic E-state index is -1.41. The van der Waals surface area contributed by atoms with Gasteiger partial charge in [0.05, 0.1) is 0 Å². The zero-order valence-corrected chi connectivity index (χ0v) is 19.2. The molecular formula is C19H41NSiTi. The smallest absolute Gasteiger partial charge is 0.659 e. The van der Waals surface area contributed by atoms with E-state index in [4.69, 9.17) is 4.98 Å². The van der Waals surface area contributed by atoms with E-state index in [0.717, 1.165) is 17.4 Å². The normalized spacial score (nSPS) is 29.6. The van der Waals surface area contributed by atoms with Crippen LogP contribution in [0.1, 0.15) is 66.2 Å². The monoisotopic (exact) mass is 359 g/mol. The van der Waals surface area contributed by atoms with Crippen LogP contribution in [0, 0.1) is 34.1 Å². The van der Waals surface area contributed by atoms with Gasteiger partial charge >= 0.3 is 21.7 Å². The molecule has 0 heterocycles. The first-order chi connectivity index (χ1) is 8.36. The number of fused-ring (bicyclic) bond motifs is 1. The van der Waals surface area contributed by atoms with E-state index in [2.05, 4.69) is 34.2 Å². The molecule has 2 rings (SSSR count). The molecular weight excluding hydrogens is 318 g/mol. The third-order valence-electron chi connectivity index (χ3n) is 5.44. The molecule has 2 saturated carbocycles. The van der Waals surface area contributed by atoms with Gasteiger partial charge in [0.15, 0.2) is 0 Å². The molecule has 4 atom stereocenters. The van der Waals surface area contributed by atoms with Gasteiger partial charge in [0.25, 0.3) is 0 Å². The molecule has 4 unspecified atom stereocenters. The summed E-state index contributed by atoms with van der Waals surface area (Å²) in [4.78, 5) is 5.37. The molecule has 0 aromatic carbocycles. The minimum Gasteiger partial charge on any atom is -0.659 e. The molecule has 0 N–H and O–H groups in total. The number of hydrogen-bond acceptors (Lipinski definition) is 0. The van der Waals surface area contributed by atoms with E-state index in [1.807, 2.05) is 0 Å². The van der Waals surface area contributed by atoms with E-state index < -0.39 is 8.24 Å². The summed E-state index contributed by atoms with van der Waals surface area (Å²) in [6.45, 7) is 11.8. The van der Waals surface area contributed by atoms with Crippen molar-refractivity contribution in [1.82, 2.24) is 0 Å². The van der Waals surface area contributed by atoms with Gasteiger partial charge in [0, 0.05) is 0 Å². The van der Waals surface area contributed by atoms with Crippen LogP contribution in [0.2, 0.25) is 18.1 Å². The van der Waals surface area contributed by atoms with Gasteiger partial charge in [0.2, 0.25) is 0 Å². The van der Waals surface area contributed by atoms with Crippen molar-refractivity contribution in [3.05, 3.63) is 27.3 Å². The average molecular weight is 359 g/mol. The van der Waals surface area contributed by atoms with Crippen molar-refractivity contribution in [2.24, 2.45) is 11.8 Å². The van der Waals surface area contributed by atoms with Crippen molar-refractivity contribution in [1.29, 1.82) is 0 Å². The van der Waals surface area contributed by atoms with Crippen LogP contribution < -0.4 is 0 Å². The van der Waals surface area contributed by atoms with Crippen molar-refractivity contribution in [3.8, 4) is 0 Å². The molecule has 3 heteroatoms. The first-order valence-corrected chi connectivity index (χ1v) is 10.8. The summed E-state index contributed by atoms with van der Waals surface area (Å²) < 4.78 is 0. The van der Waals surface area contributed by atoms with Crippen LogP contribution in [0.15, 0.2) is 0 Å². The maximum atomic E-state index is 5.37.